The summed E-state index contributed by atoms with van der Waals surface area (Å²) in [4.78, 5) is 0. The summed E-state index contributed by atoms with van der Waals surface area (Å²) in [6, 6.07) is 10.9. The Labute approximate surface area is 187 Å². The van der Waals surface area contributed by atoms with Crippen molar-refractivity contribution in [3.63, 3.8) is 0 Å². The third kappa shape index (κ3) is 5.21. The van der Waals surface area contributed by atoms with E-state index in [1.807, 2.05) is 24.3 Å². The Hall–Kier alpha value is -1.70. The van der Waals surface area contributed by atoms with Crippen molar-refractivity contribution in [1.29, 1.82) is 0 Å². The molecule has 0 bridgehead atoms. The van der Waals surface area contributed by atoms with Crippen molar-refractivity contribution >= 4 is 0 Å². The third-order valence-corrected chi connectivity index (χ3v) is 8.00. The van der Waals surface area contributed by atoms with Gasteiger partial charge in [-0.25, -0.2) is 8.78 Å². The molecule has 0 heterocycles. The molecule has 2 saturated carbocycles. The van der Waals surface area contributed by atoms with Crippen molar-refractivity contribution in [3.05, 3.63) is 59.2 Å². The first-order chi connectivity index (χ1) is 15.1. The molecule has 0 saturated heterocycles. The maximum atomic E-state index is 15.1. The first kappa shape index (κ1) is 22.5. The lowest BCUT2D eigenvalue weighted by Gasteiger charge is -2.42. The molecule has 0 spiro atoms. The SMILES string of the molecule is CCCCC1CC[C@@H]2C[C@H](c3cc(F)c(-c4ccc(CCC)cc4)c(F)c3)CC[C@@H]2C1. The summed E-state index contributed by atoms with van der Waals surface area (Å²) in [6.45, 7) is 4.42. The summed E-state index contributed by atoms with van der Waals surface area (Å²) in [7, 11) is 0. The van der Waals surface area contributed by atoms with Crippen LogP contribution in [-0.2, 0) is 6.42 Å². The molecule has 0 aliphatic heterocycles. The minimum Gasteiger partial charge on any atom is -0.206 e. The average Bonchev–Trinajstić information content (AvgIpc) is 2.78. The quantitative estimate of drug-likeness (QED) is 0.416. The predicted molar refractivity (Wildman–Crippen MR) is 126 cm³/mol. The summed E-state index contributed by atoms with van der Waals surface area (Å²) >= 11 is 0. The molecule has 0 nitrogen and oxygen atoms in total. The number of unbranched alkanes of at least 4 members (excludes halogenated alkanes) is 1. The van der Waals surface area contributed by atoms with Crippen molar-refractivity contribution < 1.29 is 8.78 Å². The van der Waals surface area contributed by atoms with Crippen LogP contribution in [0.1, 0.15) is 95.1 Å². The first-order valence-corrected chi connectivity index (χ1v) is 12.7. The molecule has 2 heteroatoms. The van der Waals surface area contributed by atoms with Gasteiger partial charge in [-0.15, -0.1) is 0 Å². The number of hydrogen-bond donors (Lipinski definition) is 0. The molecule has 2 aliphatic carbocycles. The van der Waals surface area contributed by atoms with E-state index >= 15 is 8.78 Å². The van der Waals surface area contributed by atoms with Crippen molar-refractivity contribution in [2.45, 2.75) is 90.4 Å². The molecule has 2 fully saturated rings. The number of rotatable bonds is 7. The molecule has 4 atom stereocenters. The Morgan fingerprint density at radius 3 is 2.16 bits per heavy atom. The third-order valence-electron chi connectivity index (χ3n) is 8.00. The minimum atomic E-state index is -0.413. The Balaban J connectivity index is 1.45. The highest BCUT2D eigenvalue weighted by molar-refractivity contribution is 5.65. The highest BCUT2D eigenvalue weighted by Gasteiger charge is 2.36. The van der Waals surface area contributed by atoms with E-state index in [4.69, 9.17) is 0 Å². The number of hydrogen-bond acceptors (Lipinski definition) is 0. The van der Waals surface area contributed by atoms with Crippen LogP contribution in [0.15, 0.2) is 36.4 Å². The summed E-state index contributed by atoms with van der Waals surface area (Å²) in [6.07, 6.45) is 13.6. The summed E-state index contributed by atoms with van der Waals surface area (Å²) < 4.78 is 30.1. The fraction of sp³-hybridized carbons (Fsp3) is 0.586. The zero-order valence-electron chi connectivity index (χ0n) is 19.3. The van der Waals surface area contributed by atoms with Crippen LogP contribution in [-0.4, -0.2) is 0 Å². The van der Waals surface area contributed by atoms with E-state index < -0.39 is 11.6 Å². The molecule has 0 amide bonds. The van der Waals surface area contributed by atoms with Crippen LogP contribution in [0.3, 0.4) is 0 Å². The smallest absolute Gasteiger partial charge is 0.134 e. The van der Waals surface area contributed by atoms with Crippen LogP contribution < -0.4 is 0 Å². The van der Waals surface area contributed by atoms with Crippen LogP contribution in [0, 0.1) is 29.4 Å². The van der Waals surface area contributed by atoms with E-state index in [1.165, 1.54) is 50.5 Å². The van der Waals surface area contributed by atoms with Gasteiger partial charge in [-0.1, -0.05) is 70.2 Å². The van der Waals surface area contributed by atoms with Gasteiger partial charge in [0.2, 0.25) is 0 Å². The molecule has 2 aromatic carbocycles. The average molecular weight is 425 g/mol. The molecule has 1 unspecified atom stereocenters. The molecule has 4 rings (SSSR count). The summed E-state index contributed by atoms with van der Waals surface area (Å²) in [5.41, 5.74) is 2.84. The van der Waals surface area contributed by atoms with Gasteiger partial charge in [0.25, 0.3) is 0 Å². The molecular formula is C29H38F2. The van der Waals surface area contributed by atoms with Crippen LogP contribution in [0.5, 0.6) is 0 Å². The lowest BCUT2D eigenvalue weighted by molar-refractivity contribution is 0.113. The van der Waals surface area contributed by atoms with Crippen molar-refractivity contribution in [2.24, 2.45) is 17.8 Å². The minimum absolute atomic E-state index is 0.122. The maximum Gasteiger partial charge on any atom is 0.134 e. The molecule has 2 aromatic rings. The zero-order chi connectivity index (χ0) is 21.8. The molecule has 0 N–H and O–H groups in total. The Bertz CT molecular complexity index is 831. The molecule has 0 radical (unpaired) electrons. The van der Waals surface area contributed by atoms with E-state index in [9.17, 15) is 0 Å². The van der Waals surface area contributed by atoms with Gasteiger partial charge in [-0.2, -0.15) is 0 Å². The first-order valence-electron chi connectivity index (χ1n) is 12.7. The number of aryl methyl sites for hydroxylation is 1. The van der Waals surface area contributed by atoms with E-state index in [2.05, 4.69) is 13.8 Å². The van der Waals surface area contributed by atoms with Crippen LogP contribution in [0.4, 0.5) is 8.78 Å². The lowest BCUT2D eigenvalue weighted by Crippen LogP contribution is -2.30. The van der Waals surface area contributed by atoms with Crippen molar-refractivity contribution in [2.75, 3.05) is 0 Å². The summed E-state index contributed by atoms with van der Waals surface area (Å²) in [5.74, 6) is 1.97. The van der Waals surface area contributed by atoms with E-state index in [0.717, 1.165) is 49.0 Å². The Morgan fingerprint density at radius 1 is 0.806 bits per heavy atom. The normalized spacial score (nSPS) is 25.9. The monoisotopic (exact) mass is 424 g/mol. The van der Waals surface area contributed by atoms with Crippen LogP contribution >= 0.6 is 0 Å². The second-order valence-corrected chi connectivity index (χ2v) is 10.2. The molecule has 31 heavy (non-hydrogen) atoms. The molecular weight excluding hydrogens is 386 g/mol. The van der Waals surface area contributed by atoms with Gasteiger partial charge in [-0.3, -0.25) is 0 Å². The standard InChI is InChI=1S/C29H38F2/c1-3-5-7-21-10-13-24-17-25(15-14-23(24)16-21)26-18-27(30)29(28(31)19-26)22-11-8-20(6-4-2)9-12-22/h8-9,11-12,18-19,21,23-25H,3-7,10,13-17H2,1-2H3/t21?,23-,24-,25-/m1/s1. The van der Waals surface area contributed by atoms with Gasteiger partial charge in [0.1, 0.15) is 11.6 Å². The van der Waals surface area contributed by atoms with Gasteiger partial charge in [0, 0.05) is 0 Å². The molecule has 2 aliphatic rings. The van der Waals surface area contributed by atoms with Crippen LogP contribution in [0.25, 0.3) is 11.1 Å². The highest BCUT2D eigenvalue weighted by atomic mass is 19.1. The topological polar surface area (TPSA) is 0 Å². The van der Waals surface area contributed by atoms with E-state index in [0.29, 0.717) is 11.5 Å². The highest BCUT2D eigenvalue weighted by Crippen LogP contribution is 2.48. The van der Waals surface area contributed by atoms with Crippen molar-refractivity contribution in [3.8, 4) is 11.1 Å². The van der Waals surface area contributed by atoms with E-state index in [1.54, 1.807) is 12.1 Å². The number of halogens is 2. The van der Waals surface area contributed by atoms with Gasteiger partial charge >= 0.3 is 0 Å². The largest absolute Gasteiger partial charge is 0.206 e. The van der Waals surface area contributed by atoms with Gasteiger partial charge in [0.15, 0.2) is 0 Å². The second kappa shape index (κ2) is 10.3. The number of benzene rings is 2. The fourth-order valence-corrected chi connectivity index (χ4v) is 6.28. The van der Waals surface area contributed by atoms with Gasteiger partial charge in [-0.05, 0) is 91.0 Å². The van der Waals surface area contributed by atoms with Crippen LogP contribution in [0.2, 0.25) is 0 Å². The van der Waals surface area contributed by atoms with Crippen molar-refractivity contribution in [1.82, 2.24) is 0 Å². The van der Waals surface area contributed by atoms with E-state index in [-0.39, 0.29) is 5.56 Å². The Morgan fingerprint density at radius 2 is 1.48 bits per heavy atom. The van der Waals surface area contributed by atoms with Gasteiger partial charge in [0.05, 0.1) is 5.56 Å². The summed E-state index contributed by atoms with van der Waals surface area (Å²) in [5, 5.41) is 0. The predicted octanol–water partition coefficient (Wildman–Crippen LogP) is 9.07. The number of fused-ring (bicyclic) bond motifs is 1. The lowest BCUT2D eigenvalue weighted by atomic mass is 9.63. The zero-order valence-corrected chi connectivity index (χ0v) is 19.3. The Kier molecular flexibility index (Phi) is 7.46. The second-order valence-electron chi connectivity index (χ2n) is 10.2. The molecule has 168 valence electrons. The fourth-order valence-electron chi connectivity index (χ4n) is 6.28. The molecule has 0 aromatic heterocycles. The van der Waals surface area contributed by atoms with Gasteiger partial charge < -0.3 is 0 Å². The maximum absolute atomic E-state index is 15.1.